The fourth-order valence-corrected chi connectivity index (χ4v) is 2.55. The van der Waals surface area contributed by atoms with Crippen molar-refractivity contribution in [1.82, 2.24) is 9.88 Å². The van der Waals surface area contributed by atoms with Gasteiger partial charge in [-0.2, -0.15) is 0 Å². The number of nitrogens with zero attached hydrogens (tertiary/aromatic N) is 4. The maximum atomic E-state index is 8.61. The van der Waals surface area contributed by atoms with Gasteiger partial charge in [0.2, 0.25) is 0 Å². The molecular weight excluding hydrogens is 254 g/mol. The molecule has 1 aliphatic heterocycles. The zero-order valence-corrected chi connectivity index (χ0v) is 12.2. The molecule has 2 rings (SSSR count). The van der Waals surface area contributed by atoms with Gasteiger partial charge in [0.1, 0.15) is 5.69 Å². The Morgan fingerprint density at radius 1 is 1.50 bits per heavy atom. The lowest BCUT2D eigenvalue weighted by Gasteiger charge is -2.32. The van der Waals surface area contributed by atoms with Crippen LogP contribution >= 0.6 is 0 Å². The van der Waals surface area contributed by atoms with Crippen molar-refractivity contribution in [2.24, 2.45) is 16.8 Å². The molecule has 0 radical (unpaired) electrons. The summed E-state index contributed by atoms with van der Waals surface area (Å²) in [7, 11) is 4.26. The van der Waals surface area contributed by atoms with Gasteiger partial charge in [0.05, 0.1) is 11.9 Å². The van der Waals surface area contributed by atoms with Gasteiger partial charge in [-0.25, -0.2) is 0 Å². The third-order valence-corrected chi connectivity index (χ3v) is 3.93. The molecule has 1 fully saturated rings. The van der Waals surface area contributed by atoms with Crippen molar-refractivity contribution < 1.29 is 5.21 Å². The van der Waals surface area contributed by atoms with Crippen LogP contribution in [0.2, 0.25) is 0 Å². The number of amidine groups is 1. The summed E-state index contributed by atoms with van der Waals surface area (Å²) in [5.41, 5.74) is 7.05. The highest BCUT2D eigenvalue weighted by Crippen LogP contribution is 2.20. The number of aromatic nitrogens is 1. The second-order valence-electron chi connectivity index (χ2n) is 5.51. The summed E-state index contributed by atoms with van der Waals surface area (Å²) in [6.45, 7) is 3.40. The molecule has 1 aromatic rings. The Labute approximate surface area is 119 Å². The van der Waals surface area contributed by atoms with Gasteiger partial charge >= 0.3 is 0 Å². The van der Waals surface area contributed by atoms with Crippen molar-refractivity contribution in [2.75, 3.05) is 38.6 Å². The second kappa shape index (κ2) is 6.56. The molecule has 110 valence electrons. The van der Waals surface area contributed by atoms with Crippen molar-refractivity contribution in [3.8, 4) is 0 Å². The lowest BCUT2D eigenvalue weighted by molar-refractivity contribution is 0.222. The van der Waals surface area contributed by atoms with Crippen LogP contribution in [0.15, 0.2) is 23.5 Å². The van der Waals surface area contributed by atoms with Crippen LogP contribution in [0.1, 0.15) is 18.5 Å². The van der Waals surface area contributed by atoms with Crippen LogP contribution in [0.25, 0.3) is 0 Å². The van der Waals surface area contributed by atoms with Gasteiger partial charge in [-0.15, -0.1) is 0 Å². The summed E-state index contributed by atoms with van der Waals surface area (Å²) in [4.78, 5) is 8.81. The summed E-state index contributed by atoms with van der Waals surface area (Å²) in [5, 5.41) is 11.6. The molecule has 2 heterocycles. The molecule has 0 amide bonds. The number of rotatable bonds is 4. The van der Waals surface area contributed by atoms with Gasteiger partial charge < -0.3 is 20.7 Å². The normalized spacial score (nSPS) is 18.2. The molecule has 1 aliphatic rings. The number of hydrogen-bond donors (Lipinski definition) is 2. The zero-order valence-electron chi connectivity index (χ0n) is 12.2. The average molecular weight is 277 g/mol. The molecule has 6 nitrogen and oxygen atoms in total. The van der Waals surface area contributed by atoms with Crippen LogP contribution in [-0.4, -0.2) is 54.7 Å². The summed E-state index contributed by atoms with van der Waals surface area (Å²) in [5.74, 6) is 0.773. The molecule has 0 bridgehead atoms. The lowest BCUT2D eigenvalue weighted by Crippen LogP contribution is -2.35. The van der Waals surface area contributed by atoms with Crippen molar-refractivity contribution in [1.29, 1.82) is 0 Å². The molecule has 0 atom stereocenters. The van der Waals surface area contributed by atoms with Crippen molar-refractivity contribution in [3.05, 3.63) is 24.0 Å². The van der Waals surface area contributed by atoms with Gasteiger partial charge in [0.25, 0.3) is 0 Å². The Kier molecular flexibility index (Phi) is 4.79. The van der Waals surface area contributed by atoms with E-state index in [1.165, 1.54) is 25.9 Å². The number of pyridine rings is 1. The molecular formula is C14H23N5O. The Hall–Kier alpha value is -1.82. The number of nitrogens with two attached hydrogens (primary N) is 1. The molecule has 0 aliphatic carbocycles. The van der Waals surface area contributed by atoms with Gasteiger partial charge in [-0.3, -0.25) is 4.98 Å². The molecule has 1 saturated heterocycles. The van der Waals surface area contributed by atoms with E-state index in [1.807, 2.05) is 6.07 Å². The van der Waals surface area contributed by atoms with E-state index in [9.17, 15) is 0 Å². The van der Waals surface area contributed by atoms with Gasteiger partial charge in [0.15, 0.2) is 5.84 Å². The molecule has 0 saturated carbocycles. The van der Waals surface area contributed by atoms with Crippen LogP contribution in [0.5, 0.6) is 0 Å². The molecule has 3 N–H and O–H groups in total. The van der Waals surface area contributed by atoms with Crippen LogP contribution in [-0.2, 0) is 0 Å². The second-order valence-corrected chi connectivity index (χ2v) is 5.51. The van der Waals surface area contributed by atoms with Crippen LogP contribution < -0.4 is 10.6 Å². The number of likely N-dealkylation sites (tertiary alicyclic amines) is 1. The average Bonchev–Trinajstić information content (AvgIpc) is 2.49. The van der Waals surface area contributed by atoms with Crippen molar-refractivity contribution >= 4 is 11.5 Å². The number of piperidine rings is 1. The topological polar surface area (TPSA) is 78.0 Å². The quantitative estimate of drug-likeness (QED) is 0.371. The Morgan fingerprint density at radius 2 is 2.20 bits per heavy atom. The van der Waals surface area contributed by atoms with Gasteiger partial charge in [-0.05, 0) is 51.0 Å². The maximum absolute atomic E-state index is 8.61. The molecule has 20 heavy (non-hydrogen) atoms. The van der Waals surface area contributed by atoms with E-state index in [4.69, 9.17) is 10.9 Å². The first-order chi connectivity index (χ1) is 9.60. The van der Waals surface area contributed by atoms with Gasteiger partial charge in [-0.1, -0.05) is 5.16 Å². The maximum Gasteiger partial charge on any atom is 0.188 e. The highest BCUT2D eigenvalue weighted by Gasteiger charge is 2.18. The first-order valence-electron chi connectivity index (χ1n) is 6.93. The highest BCUT2D eigenvalue weighted by atomic mass is 16.4. The minimum Gasteiger partial charge on any atom is -0.409 e. The number of hydrogen-bond acceptors (Lipinski definition) is 5. The van der Waals surface area contributed by atoms with E-state index in [2.05, 4.69) is 34.0 Å². The third-order valence-electron chi connectivity index (χ3n) is 3.93. The SMILES string of the molecule is CN1CCC(CN(C)c2ccc(/C(N)=N/O)nc2)CC1. The first kappa shape index (κ1) is 14.6. The van der Waals surface area contributed by atoms with E-state index in [-0.39, 0.29) is 5.84 Å². The van der Waals surface area contributed by atoms with E-state index in [0.717, 1.165) is 18.2 Å². The van der Waals surface area contributed by atoms with Gasteiger partial charge in [0, 0.05) is 13.6 Å². The van der Waals surface area contributed by atoms with Crippen molar-refractivity contribution in [3.63, 3.8) is 0 Å². The van der Waals surface area contributed by atoms with Crippen molar-refractivity contribution in [2.45, 2.75) is 12.8 Å². The Morgan fingerprint density at radius 3 is 2.75 bits per heavy atom. The molecule has 6 heteroatoms. The standard InChI is InChI=1S/C14H23N5O/c1-18-7-5-11(6-8-18)10-19(2)12-3-4-13(16-9-12)14(15)17-20/h3-4,9,11,20H,5-8,10H2,1-2H3,(H2,15,17). The first-order valence-corrected chi connectivity index (χ1v) is 6.93. The molecule has 0 unspecified atom stereocenters. The molecule has 1 aromatic heterocycles. The third kappa shape index (κ3) is 3.60. The zero-order chi connectivity index (χ0) is 14.5. The summed E-state index contributed by atoms with van der Waals surface area (Å²) in [6, 6.07) is 3.73. The lowest BCUT2D eigenvalue weighted by atomic mass is 9.96. The van der Waals surface area contributed by atoms with Crippen LogP contribution in [0.4, 0.5) is 5.69 Å². The summed E-state index contributed by atoms with van der Waals surface area (Å²) >= 11 is 0. The number of anilines is 1. The van der Waals surface area contributed by atoms with E-state index >= 15 is 0 Å². The fourth-order valence-electron chi connectivity index (χ4n) is 2.55. The summed E-state index contributed by atoms with van der Waals surface area (Å²) in [6.07, 6.45) is 4.26. The van der Waals surface area contributed by atoms with Crippen LogP contribution in [0.3, 0.4) is 0 Å². The van der Waals surface area contributed by atoms with E-state index in [1.54, 1.807) is 12.3 Å². The Balaban J connectivity index is 1.94. The van der Waals surface area contributed by atoms with Crippen LogP contribution in [0, 0.1) is 5.92 Å². The fraction of sp³-hybridized carbons (Fsp3) is 0.571. The molecule has 0 aromatic carbocycles. The minimum atomic E-state index is 0.0366. The predicted octanol–water partition coefficient (Wildman–Crippen LogP) is 0.954. The molecule has 0 spiro atoms. The summed E-state index contributed by atoms with van der Waals surface area (Å²) < 4.78 is 0. The predicted molar refractivity (Wildman–Crippen MR) is 80.2 cm³/mol. The van der Waals surface area contributed by atoms with E-state index in [0.29, 0.717) is 5.69 Å². The van der Waals surface area contributed by atoms with E-state index < -0.39 is 0 Å². The number of oxime groups is 1. The minimum absolute atomic E-state index is 0.0366. The monoisotopic (exact) mass is 277 g/mol. The Bertz CT molecular complexity index is 451. The smallest absolute Gasteiger partial charge is 0.188 e. The largest absolute Gasteiger partial charge is 0.409 e. The highest BCUT2D eigenvalue weighted by molar-refractivity contribution is 5.95.